The molecule has 0 heterocycles. The lowest BCUT2D eigenvalue weighted by Crippen LogP contribution is -2.08. The SMILES string of the molecule is Cc1ccc(C(c2ccc(N)cc2)c2ccc(C)c(O)c2C)c(C)c1O. The molecule has 26 heavy (non-hydrogen) atoms. The number of nitrogen functional groups attached to an aromatic ring is 1. The number of hydrogen-bond donors (Lipinski definition) is 3. The van der Waals surface area contributed by atoms with Crippen molar-refractivity contribution < 1.29 is 10.2 Å². The van der Waals surface area contributed by atoms with Crippen LogP contribution in [-0.4, -0.2) is 10.2 Å². The number of phenols is 2. The molecule has 0 aliphatic heterocycles. The lowest BCUT2D eigenvalue weighted by Gasteiger charge is -2.24. The molecule has 0 bridgehead atoms. The molecular formula is C23H25NO2. The van der Waals surface area contributed by atoms with E-state index in [2.05, 4.69) is 12.1 Å². The van der Waals surface area contributed by atoms with Gasteiger partial charge in [-0.25, -0.2) is 0 Å². The summed E-state index contributed by atoms with van der Waals surface area (Å²) in [5.74, 6) is 0.530. The third kappa shape index (κ3) is 3.01. The lowest BCUT2D eigenvalue weighted by molar-refractivity contribution is 0.464. The zero-order chi connectivity index (χ0) is 19.0. The molecule has 0 saturated heterocycles. The van der Waals surface area contributed by atoms with Crippen LogP contribution < -0.4 is 5.73 Å². The zero-order valence-corrected chi connectivity index (χ0v) is 15.7. The topological polar surface area (TPSA) is 66.5 Å². The summed E-state index contributed by atoms with van der Waals surface area (Å²) in [6.45, 7) is 7.66. The molecule has 3 rings (SSSR count). The van der Waals surface area contributed by atoms with E-state index in [4.69, 9.17) is 5.73 Å². The monoisotopic (exact) mass is 347 g/mol. The maximum atomic E-state index is 10.5. The fourth-order valence-electron chi connectivity index (χ4n) is 3.54. The Morgan fingerprint density at radius 1 is 0.654 bits per heavy atom. The fraction of sp³-hybridized carbons (Fsp3) is 0.217. The predicted molar refractivity (Wildman–Crippen MR) is 107 cm³/mol. The highest BCUT2D eigenvalue weighted by Crippen LogP contribution is 2.41. The molecule has 0 unspecified atom stereocenters. The van der Waals surface area contributed by atoms with Gasteiger partial charge in [0, 0.05) is 11.6 Å². The Bertz CT molecular complexity index is 901. The van der Waals surface area contributed by atoms with Crippen molar-refractivity contribution >= 4 is 5.69 Å². The Balaban J connectivity index is 2.30. The summed E-state index contributed by atoms with van der Waals surface area (Å²) in [6, 6.07) is 15.8. The largest absolute Gasteiger partial charge is 0.507 e. The molecule has 0 fully saturated rings. The maximum Gasteiger partial charge on any atom is 0.121 e. The second kappa shape index (κ2) is 6.75. The van der Waals surface area contributed by atoms with E-state index in [-0.39, 0.29) is 5.92 Å². The highest BCUT2D eigenvalue weighted by atomic mass is 16.3. The van der Waals surface area contributed by atoms with Crippen LogP contribution in [0.5, 0.6) is 11.5 Å². The van der Waals surface area contributed by atoms with Gasteiger partial charge in [-0.1, -0.05) is 36.4 Å². The minimum atomic E-state index is -0.103. The number of anilines is 1. The molecule has 0 aliphatic rings. The van der Waals surface area contributed by atoms with E-state index in [0.717, 1.165) is 38.9 Å². The molecule has 3 aromatic carbocycles. The third-order valence-corrected chi connectivity index (χ3v) is 5.24. The van der Waals surface area contributed by atoms with Gasteiger partial charge in [0.1, 0.15) is 11.5 Å². The Morgan fingerprint density at radius 2 is 1.08 bits per heavy atom. The number of hydrogen-bond acceptors (Lipinski definition) is 3. The molecule has 3 nitrogen and oxygen atoms in total. The number of aryl methyl sites for hydroxylation is 2. The Labute approximate surface area is 154 Å². The van der Waals surface area contributed by atoms with Crippen LogP contribution in [0, 0.1) is 27.7 Å². The van der Waals surface area contributed by atoms with E-state index < -0.39 is 0 Å². The van der Waals surface area contributed by atoms with Crippen molar-refractivity contribution in [2.24, 2.45) is 0 Å². The van der Waals surface area contributed by atoms with E-state index in [1.165, 1.54) is 0 Å². The molecule has 0 spiro atoms. The first-order valence-corrected chi connectivity index (χ1v) is 8.74. The fourth-order valence-corrected chi connectivity index (χ4v) is 3.54. The van der Waals surface area contributed by atoms with Crippen molar-refractivity contribution in [1.82, 2.24) is 0 Å². The molecule has 134 valence electrons. The van der Waals surface area contributed by atoms with Crippen molar-refractivity contribution in [3.8, 4) is 11.5 Å². The molecule has 0 radical (unpaired) electrons. The van der Waals surface area contributed by atoms with Gasteiger partial charge in [0.15, 0.2) is 0 Å². The van der Waals surface area contributed by atoms with Crippen LogP contribution in [0.25, 0.3) is 0 Å². The lowest BCUT2D eigenvalue weighted by atomic mass is 9.80. The summed E-state index contributed by atoms with van der Waals surface area (Å²) >= 11 is 0. The van der Waals surface area contributed by atoms with Crippen molar-refractivity contribution in [1.29, 1.82) is 0 Å². The number of benzene rings is 3. The summed E-state index contributed by atoms with van der Waals surface area (Å²) in [4.78, 5) is 0. The van der Waals surface area contributed by atoms with Gasteiger partial charge in [-0.05, 0) is 78.8 Å². The Hall–Kier alpha value is -2.94. The van der Waals surface area contributed by atoms with Crippen LogP contribution in [0.3, 0.4) is 0 Å². The average Bonchev–Trinajstić information content (AvgIpc) is 2.63. The summed E-state index contributed by atoms with van der Waals surface area (Å²) in [5, 5.41) is 20.9. The van der Waals surface area contributed by atoms with Crippen LogP contribution in [0.2, 0.25) is 0 Å². The van der Waals surface area contributed by atoms with Gasteiger partial charge in [-0.15, -0.1) is 0 Å². The number of rotatable bonds is 3. The standard InChI is InChI=1S/C23H25NO2/c1-13-5-11-19(15(3)22(13)25)21(17-7-9-18(24)10-8-17)20-12-6-14(2)23(26)16(20)4/h5-12,21,25-26H,24H2,1-4H3. The molecule has 0 amide bonds. The summed E-state index contributed by atoms with van der Waals surface area (Å²) in [7, 11) is 0. The van der Waals surface area contributed by atoms with Crippen molar-refractivity contribution in [3.63, 3.8) is 0 Å². The Morgan fingerprint density at radius 3 is 1.50 bits per heavy atom. The molecule has 3 heteroatoms. The van der Waals surface area contributed by atoms with Gasteiger partial charge in [0.2, 0.25) is 0 Å². The highest BCUT2D eigenvalue weighted by molar-refractivity contribution is 5.57. The molecule has 0 saturated carbocycles. The molecule has 0 aliphatic carbocycles. The minimum absolute atomic E-state index is 0.103. The molecule has 0 atom stereocenters. The normalized spacial score (nSPS) is 11.1. The first-order valence-electron chi connectivity index (χ1n) is 8.74. The van der Waals surface area contributed by atoms with Crippen molar-refractivity contribution in [2.75, 3.05) is 5.73 Å². The summed E-state index contributed by atoms with van der Waals surface area (Å²) in [6.07, 6.45) is 0. The highest BCUT2D eigenvalue weighted by Gasteiger charge is 2.23. The number of phenolic OH excluding ortho intramolecular Hbond substituents is 2. The van der Waals surface area contributed by atoms with Crippen molar-refractivity contribution in [3.05, 3.63) is 87.5 Å². The second-order valence-electron chi connectivity index (χ2n) is 6.99. The maximum absolute atomic E-state index is 10.5. The molecule has 3 aromatic rings. The van der Waals surface area contributed by atoms with Crippen LogP contribution in [-0.2, 0) is 0 Å². The Kier molecular flexibility index (Phi) is 4.64. The van der Waals surface area contributed by atoms with E-state index in [9.17, 15) is 10.2 Å². The van der Waals surface area contributed by atoms with Crippen LogP contribution in [0.1, 0.15) is 44.9 Å². The van der Waals surface area contributed by atoms with E-state index in [0.29, 0.717) is 17.2 Å². The zero-order valence-electron chi connectivity index (χ0n) is 15.7. The molecule has 0 aromatic heterocycles. The average molecular weight is 347 g/mol. The number of aromatic hydroxyl groups is 2. The van der Waals surface area contributed by atoms with Gasteiger partial charge in [-0.3, -0.25) is 0 Å². The van der Waals surface area contributed by atoms with Crippen LogP contribution in [0.4, 0.5) is 5.69 Å². The first-order chi connectivity index (χ1) is 12.3. The molecular weight excluding hydrogens is 322 g/mol. The third-order valence-electron chi connectivity index (χ3n) is 5.24. The van der Waals surface area contributed by atoms with Crippen molar-refractivity contribution in [2.45, 2.75) is 33.6 Å². The first kappa shape index (κ1) is 17.9. The summed E-state index contributed by atoms with van der Waals surface area (Å²) < 4.78 is 0. The van der Waals surface area contributed by atoms with E-state index >= 15 is 0 Å². The van der Waals surface area contributed by atoms with Gasteiger partial charge in [0.05, 0.1) is 0 Å². The van der Waals surface area contributed by atoms with E-state index in [1.54, 1.807) is 0 Å². The molecule has 4 N–H and O–H groups in total. The van der Waals surface area contributed by atoms with Gasteiger partial charge < -0.3 is 15.9 Å². The summed E-state index contributed by atoms with van der Waals surface area (Å²) in [5.41, 5.74) is 13.1. The minimum Gasteiger partial charge on any atom is -0.507 e. The second-order valence-corrected chi connectivity index (χ2v) is 6.99. The van der Waals surface area contributed by atoms with Gasteiger partial charge >= 0.3 is 0 Å². The quantitative estimate of drug-likeness (QED) is 0.456. The van der Waals surface area contributed by atoms with Gasteiger partial charge in [0.25, 0.3) is 0 Å². The predicted octanol–water partition coefficient (Wildman–Crippen LogP) is 5.09. The van der Waals surface area contributed by atoms with Crippen LogP contribution >= 0.6 is 0 Å². The van der Waals surface area contributed by atoms with Crippen LogP contribution in [0.15, 0.2) is 48.5 Å². The number of nitrogens with two attached hydrogens (primary N) is 1. The van der Waals surface area contributed by atoms with Gasteiger partial charge in [-0.2, -0.15) is 0 Å². The smallest absolute Gasteiger partial charge is 0.121 e. The van der Waals surface area contributed by atoms with E-state index in [1.807, 2.05) is 64.1 Å².